The number of piperidine rings is 1. The van der Waals surface area contributed by atoms with Crippen molar-refractivity contribution < 1.29 is 9.53 Å². The number of nitrogens with zero attached hydrogens (tertiary/aromatic N) is 3. The first-order valence-electron chi connectivity index (χ1n) is 10.6. The number of ether oxygens (including phenoxy) is 1. The molecule has 1 saturated heterocycles. The van der Waals surface area contributed by atoms with Crippen molar-refractivity contribution in [1.29, 1.82) is 0 Å². The predicted octanol–water partition coefficient (Wildman–Crippen LogP) is 4.69. The highest BCUT2D eigenvalue weighted by atomic mass is 32.1. The Morgan fingerprint density at radius 2 is 1.80 bits per heavy atom. The van der Waals surface area contributed by atoms with Gasteiger partial charge in [-0.15, -0.1) is 11.3 Å². The van der Waals surface area contributed by atoms with Gasteiger partial charge in [0, 0.05) is 29.6 Å². The van der Waals surface area contributed by atoms with Crippen LogP contribution in [0.3, 0.4) is 0 Å². The Hall–Kier alpha value is -2.70. The lowest BCUT2D eigenvalue weighted by molar-refractivity contribution is -0.121. The number of carbonyl (C=O) groups is 1. The van der Waals surface area contributed by atoms with Gasteiger partial charge in [0.2, 0.25) is 0 Å². The van der Waals surface area contributed by atoms with Gasteiger partial charge in [-0.3, -0.25) is 4.79 Å². The Labute approximate surface area is 180 Å². The Kier molecular flexibility index (Phi) is 5.51. The zero-order chi connectivity index (χ0) is 20.3. The van der Waals surface area contributed by atoms with Crippen LogP contribution in [0.25, 0.3) is 21.8 Å². The number of rotatable bonds is 5. The first-order valence-corrected chi connectivity index (χ1v) is 11.5. The monoisotopic (exact) mass is 419 g/mol. The fourth-order valence-electron chi connectivity index (χ4n) is 4.15. The standard InChI is InChI=1S/C24H25N3O2S/c28-23-16-29-22-10-9-19(20-17-30-24(25-20)18-7-3-1-4-8-18)15-21(22)27(23)14-13-26-11-5-2-6-12-26/h1,3-4,7-10,15,17H,2,5-6,11-14,16H2. The molecule has 2 aromatic carbocycles. The van der Waals surface area contributed by atoms with Gasteiger partial charge in [0.1, 0.15) is 10.8 Å². The van der Waals surface area contributed by atoms with E-state index < -0.39 is 0 Å². The maximum absolute atomic E-state index is 12.6. The Morgan fingerprint density at radius 3 is 2.63 bits per heavy atom. The van der Waals surface area contributed by atoms with E-state index >= 15 is 0 Å². The van der Waals surface area contributed by atoms with E-state index in [-0.39, 0.29) is 12.5 Å². The summed E-state index contributed by atoms with van der Waals surface area (Å²) in [6.07, 6.45) is 3.83. The number of anilines is 1. The fourth-order valence-corrected chi connectivity index (χ4v) is 4.99. The highest BCUT2D eigenvalue weighted by Crippen LogP contribution is 2.37. The number of thiazole rings is 1. The summed E-state index contributed by atoms with van der Waals surface area (Å²) in [6.45, 7) is 3.98. The minimum absolute atomic E-state index is 0.0277. The first kappa shape index (κ1) is 19.3. The van der Waals surface area contributed by atoms with Crippen molar-refractivity contribution >= 4 is 22.9 Å². The highest BCUT2D eigenvalue weighted by molar-refractivity contribution is 7.13. The molecular weight excluding hydrogens is 394 g/mol. The summed E-state index contributed by atoms with van der Waals surface area (Å²) in [7, 11) is 0. The normalized spacial score (nSPS) is 16.9. The van der Waals surface area contributed by atoms with Gasteiger partial charge in [-0.1, -0.05) is 36.8 Å². The third kappa shape index (κ3) is 3.98. The Bertz CT molecular complexity index is 1030. The van der Waals surface area contributed by atoms with Crippen LogP contribution in [0.2, 0.25) is 0 Å². The molecule has 154 valence electrons. The summed E-state index contributed by atoms with van der Waals surface area (Å²) in [5, 5.41) is 3.07. The van der Waals surface area contributed by atoms with Gasteiger partial charge in [-0.05, 0) is 44.1 Å². The van der Waals surface area contributed by atoms with E-state index in [9.17, 15) is 4.79 Å². The highest BCUT2D eigenvalue weighted by Gasteiger charge is 2.26. The van der Waals surface area contributed by atoms with E-state index in [0.29, 0.717) is 6.54 Å². The van der Waals surface area contributed by atoms with E-state index in [0.717, 1.165) is 52.9 Å². The van der Waals surface area contributed by atoms with E-state index in [1.165, 1.54) is 19.3 Å². The van der Waals surface area contributed by atoms with E-state index in [2.05, 4.69) is 22.4 Å². The summed E-state index contributed by atoms with van der Waals surface area (Å²) >= 11 is 1.64. The van der Waals surface area contributed by atoms with Crippen molar-refractivity contribution in [2.45, 2.75) is 19.3 Å². The third-order valence-corrected chi connectivity index (χ3v) is 6.70. The Balaban J connectivity index is 1.39. The van der Waals surface area contributed by atoms with Crippen LogP contribution in [0.4, 0.5) is 5.69 Å². The molecule has 6 heteroatoms. The van der Waals surface area contributed by atoms with Gasteiger partial charge in [0.25, 0.3) is 5.91 Å². The van der Waals surface area contributed by atoms with Gasteiger partial charge >= 0.3 is 0 Å². The van der Waals surface area contributed by atoms with Crippen LogP contribution in [0.15, 0.2) is 53.9 Å². The number of hydrogen-bond acceptors (Lipinski definition) is 5. The Morgan fingerprint density at radius 1 is 0.967 bits per heavy atom. The molecule has 0 spiro atoms. The molecule has 2 aliphatic rings. The molecule has 30 heavy (non-hydrogen) atoms. The van der Waals surface area contributed by atoms with Gasteiger partial charge in [0.15, 0.2) is 6.61 Å². The van der Waals surface area contributed by atoms with Gasteiger partial charge in [-0.2, -0.15) is 0 Å². The van der Waals surface area contributed by atoms with Gasteiger partial charge < -0.3 is 14.5 Å². The first-order chi connectivity index (χ1) is 14.8. The van der Waals surface area contributed by atoms with Gasteiger partial charge in [-0.25, -0.2) is 4.98 Å². The second-order valence-corrected chi connectivity index (χ2v) is 8.68. The lowest BCUT2D eigenvalue weighted by Crippen LogP contribution is -2.44. The summed E-state index contributed by atoms with van der Waals surface area (Å²) in [6, 6.07) is 16.3. The van der Waals surface area contributed by atoms with Crippen LogP contribution >= 0.6 is 11.3 Å². The maximum Gasteiger partial charge on any atom is 0.265 e. The lowest BCUT2D eigenvalue weighted by atomic mass is 10.1. The molecule has 0 N–H and O–H groups in total. The van der Waals surface area contributed by atoms with E-state index in [1.54, 1.807) is 11.3 Å². The molecule has 3 aromatic rings. The van der Waals surface area contributed by atoms with Crippen molar-refractivity contribution in [3.63, 3.8) is 0 Å². The molecule has 1 amide bonds. The number of aromatic nitrogens is 1. The van der Waals surface area contributed by atoms with E-state index in [1.807, 2.05) is 41.3 Å². The number of benzene rings is 2. The van der Waals surface area contributed by atoms with Crippen LogP contribution in [-0.4, -0.2) is 48.6 Å². The topological polar surface area (TPSA) is 45.7 Å². The molecular formula is C24H25N3O2S. The molecule has 0 saturated carbocycles. The molecule has 0 radical (unpaired) electrons. The number of carbonyl (C=O) groups excluding carboxylic acids is 1. The van der Waals surface area contributed by atoms with Crippen LogP contribution in [0.1, 0.15) is 19.3 Å². The van der Waals surface area contributed by atoms with Crippen LogP contribution in [-0.2, 0) is 4.79 Å². The van der Waals surface area contributed by atoms with Crippen molar-refractivity contribution in [3.05, 3.63) is 53.9 Å². The average molecular weight is 420 g/mol. The zero-order valence-electron chi connectivity index (χ0n) is 16.9. The van der Waals surface area contributed by atoms with Crippen molar-refractivity contribution in [2.24, 2.45) is 0 Å². The quantitative estimate of drug-likeness (QED) is 0.602. The van der Waals surface area contributed by atoms with Crippen LogP contribution in [0, 0.1) is 0 Å². The second kappa shape index (κ2) is 8.58. The summed E-state index contributed by atoms with van der Waals surface area (Å²) < 4.78 is 5.70. The second-order valence-electron chi connectivity index (χ2n) is 7.82. The summed E-state index contributed by atoms with van der Waals surface area (Å²) in [4.78, 5) is 21.8. The smallest absolute Gasteiger partial charge is 0.265 e. The zero-order valence-corrected chi connectivity index (χ0v) is 17.7. The summed E-state index contributed by atoms with van der Waals surface area (Å²) in [5.74, 6) is 0.801. The SMILES string of the molecule is O=C1COc2ccc(-c3csc(-c4ccccc4)n3)cc2N1CCN1CCCCC1. The lowest BCUT2D eigenvalue weighted by Gasteiger charge is -2.33. The molecule has 0 bridgehead atoms. The van der Waals surface area contributed by atoms with Crippen LogP contribution < -0.4 is 9.64 Å². The molecule has 2 aliphatic heterocycles. The number of amides is 1. The fraction of sp³-hybridized carbons (Fsp3) is 0.333. The molecule has 1 fully saturated rings. The van der Waals surface area contributed by atoms with Crippen molar-refractivity contribution in [1.82, 2.24) is 9.88 Å². The minimum Gasteiger partial charge on any atom is -0.482 e. The van der Waals surface area contributed by atoms with Crippen molar-refractivity contribution in [3.8, 4) is 27.6 Å². The van der Waals surface area contributed by atoms with Crippen LogP contribution in [0.5, 0.6) is 5.75 Å². The predicted molar refractivity (Wildman–Crippen MR) is 121 cm³/mol. The molecule has 0 aliphatic carbocycles. The molecule has 5 rings (SSSR count). The molecule has 0 unspecified atom stereocenters. The molecule has 3 heterocycles. The largest absolute Gasteiger partial charge is 0.482 e. The molecule has 5 nitrogen and oxygen atoms in total. The summed E-state index contributed by atoms with van der Waals surface area (Å²) in [5.41, 5.74) is 3.91. The number of hydrogen-bond donors (Lipinski definition) is 0. The maximum atomic E-state index is 12.6. The van der Waals surface area contributed by atoms with E-state index in [4.69, 9.17) is 9.72 Å². The minimum atomic E-state index is 0.0277. The number of fused-ring (bicyclic) bond motifs is 1. The third-order valence-electron chi connectivity index (χ3n) is 5.81. The van der Waals surface area contributed by atoms with Gasteiger partial charge in [0.05, 0.1) is 11.4 Å². The molecule has 0 atom stereocenters. The number of likely N-dealkylation sites (tertiary alicyclic amines) is 1. The average Bonchev–Trinajstić information content (AvgIpc) is 3.30. The molecule has 1 aromatic heterocycles. The van der Waals surface area contributed by atoms with Crippen molar-refractivity contribution in [2.75, 3.05) is 37.7 Å².